The minimum absolute atomic E-state index is 0.131. The summed E-state index contributed by atoms with van der Waals surface area (Å²) < 4.78 is 0. The molecule has 104 valence electrons. The number of amidine groups is 1. The molecule has 0 spiro atoms. The van der Waals surface area contributed by atoms with Crippen molar-refractivity contribution >= 4 is 17.6 Å². The molecule has 3 N–H and O–H groups in total. The predicted molar refractivity (Wildman–Crippen MR) is 86.2 cm³/mol. The molecule has 2 aromatic rings. The highest BCUT2D eigenvalue weighted by Crippen LogP contribution is 2.24. The standard InChI is InChI=1S/C16H18N2OS/c1-2-20-11-12-7-9-13(10-8-12)14-5-3-4-6-15(14)16(17)18-19/h3-10,19H,2,11H2,1H3,(H2,17,18). The number of nitrogens with zero attached hydrogens (tertiary/aromatic N) is 1. The summed E-state index contributed by atoms with van der Waals surface area (Å²) >= 11 is 1.90. The van der Waals surface area contributed by atoms with Gasteiger partial charge in [-0.25, -0.2) is 0 Å². The van der Waals surface area contributed by atoms with Crippen LogP contribution < -0.4 is 5.73 Å². The van der Waals surface area contributed by atoms with E-state index in [9.17, 15) is 0 Å². The Labute approximate surface area is 123 Å². The lowest BCUT2D eigenvalue weighted by Crippen LogP contribution is -2.14. The quantitative estimate of drug-likeness (QED) is 0.381. The average molecular weight is 286 g/mol. The molecule has 0 aliphatic heterocycles. The first-order chi connectivity index (χ1) is 9.76. The van der Waals surface area contributed by atoms with Crippen molar-refractivity contribution in [3.05, 3.63) is 59.7 Å². The van der Waals surface area contributed by atoms with Crippen LogP contribution in [-0.2, 0) is 5.75 Å². The van der Waals surface area contributed by atoms with Gasteiger partial charge >= 0.3 is 0 Å². The van der Waals surface area contributed by atoms with E-state index in [1.165, 1.54) is 5.56 Å². The van der Waals surface area contributed by atoms with Crippen LogP contribution in [0.4, 0.5) is 0 Å². The summed E-state index contributed by atoms with van der Waals surface area (Å²) in [6.07, 6.45) is 0. The maximum atomic E-state index is 8.86. The summed E-state index contributed by atoms with van der Waals surface area (Å²) in [5, 5.41) is 12.0. The maximum Gasteiger partial charge on any atom is 0.170 e. The first-order valence-electron chi connectivity index (χ1n) is 6.50. The third-order valence-corrected chi connectivity index (χ3v) is 3.99. The van der Waals surface area contributed by atoms with Gasteiger partial charge in [0.15, 0.2) is 5.84 Å². The van der Waals surface area contributed by atoms with Gasteiger partial charge < -0.3 is 10.9 Å². The Balaban J connectivity index is 2.32. The van der Waals surface area contributed by atoms with E-state index in [4.69, 9.17) is 10.9 Å². The number of oxime groups is 1. The van der Waals surface area contributed by atoms with Gasteiger partial charge in [0.25, 0.3) is 0 Å². The Bertz CT molecular complexity index is 594. The topological polar surface area (TPSA) is 58.6 Å². The summed E-state index contributed by atoms with van der Waals surface area (Å²) in [7, 11) is 0. The highest BCUT2D eigenvalue weighted by molar-refractivity contribution is 7.98. The van der Waals surface area contributed by atoms with E-state index in [0.29, 0.717) is 0 Å². The Hall–Kier alpha value is -1.94. The first-order valence-corrected chi connectivity index (χ1v) is 7.65. The predicted octanol–water partition coefficient (Wildman–Crippen LogP) is 3.70. The van der Waals surface area contributed by atoms with Crippen LogP contribution in [0.3, 0.4) is 0 Å². The van der Waals surface area contributed by atoms with E-state index in [2.05, 4.69) is 36.3 Å². The zero-order valence-electron chi connectivity index (χ0n) is 11.4. The Kier molecular flexibility index (Phi) is 5.07. The Morgan fingerprint density at radius 3 is 2.50 bits per heavy atom. The van der Waals surface area contributed by atoms with E-state index in [0.717, 1.165) is 28.2 Å². The monoisotopic (exact) mass is 286 g/mol. The summed E-state index contributed by atoms with van der Waals surface area (Å²) in [5.74, 6) is 2.28. The SMILES string of the molecule is CCSCc1ccc(-c2ccccc2/C(N)=N/O)cc1. The lowest BCUT2D eigenvalue weighted by atomic mass is 9.98. The van der Waals surface area contributed by atoms with Crippen LogP contribution in [0.2, 0.25) is 0 Å². The number of hydrogen-bond donors (Lipinski definition) is 2. The zero-order valence-corrected chi connectivity index (χ0v) is 12.2. The summed E-state index contributed by atoms with van der Waals surface area (Å²) in [6.45, 7) is 2.16. The van der Waals surface area contributed by atoms with Gasteiger partial charge in [-0.15, -0.1) is 0 Å². The summed E-state index contributed by atoms with van der Waals surface area (Å²) in [5.41, 5.74) is 9.81. The van der Waals surface area contributed by atoms with Gasteiger partial charge in [0.2, 0.25) is 0 Å². The maximum absolute atomic E-state index is 8.86. The molecule has 0 amide bonds. The fourth-order valence-corrected chi connectivity index (χ4v) is 2.64. The van der Waals surface area contributed by atoms with Crippen LogP contribution in [0.1, 0.15) is 18.1 Å². The van der Waals surface area contributed by atoms with Crippen LogP contribution in [0.25, 0.3) is 11.1 Å². The molecule has 0 bridgehead atoms. The van der Waals surface area contributed by atoms with Gasteiger partial charge in [0, 0.05) is 11.3 Å². The third kappa shape index (κ3) is 3.33. The van der Waals surface area contributed by atoms with Crippen LogP contribution >= 0.6 is 11.8 Å². The molecule has 20 heavy (non-hydrogen) atoms. The molecule has 3 nitrogen and oxygen atoms in total. The number of hydrogen-bond acceptors (Lipinski definition) is 3. The number of benzene rings is 2. The van der Waals surface area contributed by atoms with E-state index in [1.807, 2.05) is 36.0 Å². The van der Waals surface area contributed by atoms with Crippen LogP contribution in [-0.4, -0.2) is 16.8 Å². The third-order valence-electron chi connectivity index (χ3n) is 3.05. The molecule has 0 atom stereocenters. The molecule has 0 aliphatic carbocycles. The second kappa shape index (κ2) is 7.01. The molecular weight excluding hydrogens is 268 g/mol. The largest absolute Gasteiger partial charge is 0.409 e. The van der Waals surface area contributed by atoms with Crippen LogP contribution in [0.15, 0.2) is 53.7 Å². The fraction of sp³-hybridized carbons (Fsp3) is 0.188. The van der Waals surface area contributed by atoms with Crippen molar-refractivity contribution in [2.75, 3.05) is 5.75 Å². The second-order valence-electron chi connectivity index (χ2n) is 4.36. The van der Waals surface area contributed by atoms with Crippen LogP contribution in [0.5, 0.6) is 0 Å². The Morgan fingerprint density at radius 2 is 1.85 bits per heavy atom. The van der Waals surface area contributed by atoms with Crippen molar-refractivity contribution in [3.63, 3.8) is 0 Å². The number of thioether (sulfide) groups is 1. The zero-order chi connectivity index (χ0) is 14.4. The van der Waals surface area contributed by atoms with Crippen molar-refractivity contribution in [2.45, 2.75) is 12.7 Å². The molecule has 0 unspecified atom stereocenters. The number of rotatable bonds is 5. The van der Waals surface area contributed by atoms with E-state index in [-0.39, 0.29) is 5.84 Å². The molecule has 0 aliphatic rings. The normalized spacial score (nSPS) is 11.6. The van der Waals surface area contributed by atoms with E-state index in [1.54, 1.807) is 0 Å². The molecule has 4 heteroatoms. The molecular formula is C16H18N2OS. The average Bonchev–Trinajstić information content (AvgIpc) is 2.52. The molecule has 0 heterocycles. The van der Waals surface area contributed by atoms with Crippen LogP contribution in [0, 0.1) is 0 Å². The smallest absolute Gasteiger partial charge is 0.170 e. The minimum atomic E-state index is 0.131. The van der Waals surface area contributed by atoms with Gasteiger partial charge in [-0.1, -0.05) is 60.6 Å². The van der Waals surface area contributed by atoms with Gasteiger partial charge in [0.1, 0.15) is 0 Å². The highest BCUT2D eigenvalue weighted by Gasteiger charge is 2.08. The fourth-order valence-electron chi connectivity index (χ4n) is 2.01. The van der Waals surface area contributed by atoms with Gasteiger partial charge in [0.05, 0.1) is 0 Å². The van der Waals surface area contributed by atoms with Crippen molar-refractivity contribution in [2.24, 2.45) is 10.9 Å². The van der Waals surface area contributed by atoms with Gasteiger partial charge in [-0.2, -0.15) is 11.8 Å². The van der Waals surface area contributed by atoms with E-state index >= 15 is 0 Å². The van der Waals surface area contributed by atoms with Gasteiger partial charge in [-0.3, -0.25) is 0 Å². The second-order valence-corrected chi connectivity index (χ2v) is 5.64. The summed E-state index contributed by atoms with van der Waals surface area (Å²) in [4.78, 5) is 0. The van der Waals surface area contributed by atoms with Gasteiger partial charge in [-0.05, 0) is 22.4 Å². The molecule has 0 radical (unpaired) electrons. The molecule has 0 saturated carbocycles. The lowest BCUT2D eigenvalue weighted by molar-refractivity contribution is 0.318. The lowest BCUT2D eigenvalue weighted by Gasteiger charge is -2.09. The molecule has 2 aromatic carbocycles. The van der Waals surface area contributed by atoms with Crippen molar-refractivity contribution in [1.82, 2.24) is 0 Å². The van der Waals surface area contributed by atoms with Crippen molar-refractivity contribution in [1.29, 1.82) is 0 Å². The van der Waals surface area contributed by atoms with Crippen molar-refractivity contribution < 1.29 is 5.21 Å². The Morgan fingerprint density at radius 1 is 1.15 bits per heavy atom. The highest BCUT2D eigenvalue weighted by atomic mass is 32.2. The molecule has 0 saturated heterocycles. The molecule has 0 aromatic heterocycles. The van der Waals surface area contributed by atoms with Crippen molar-refractivity contribution in [3.8, 4) is 11.1 Å². The first kappa shape index (κ1) is 14.5. The molecule has 2 rings (SSSR count). The minimum Gasteiger partial charge on any atom is -0.409 e. The van der Waals surface area contributed by atoms with E-state index < -0.39 is 0 Å². The number of nitrogens with two attached hydrogens (primary N) is 1. The summed E-state index contributed by atoms with van der Waals surface area (Å²) in [6, 6.07) is 16.1. The molecule has 0 fully saturated rings.